The van der Waals surface area contributed by atoms with E-state index in [0.717, 1.165) is 11.3 Å². The number of benzene rings is 1. The Hall–Kier alpha value is -1.32. The normalized spacial score (nSPS) is 12.4. The highest BCUT2D eigenvalue weighted by Crippen LogP contribution is 2.23. The van der Waals surface area contributed by atoms with Gasteiger partial charge in [0, 0.05) is 11.1 Å². The molecule has 0 aliphatic carbocycles. The molecular formula is C14H15NOS. The van der Waals surface area contributed by atoms with Gasteiger partial charge in [-0.05, 0) is 35.6 Å². The van der Waals surface area contributed by atoms with E-state index >= 15 is 0 Å². The molecule has 2 nitrogen and oxygen atoms in total. The van der Waals surface area contributed by atoms with Gasteiger partial charge in [-0.2, -0.15) is 0 Å². The fourth-order valence-corrected chi connectivity index (χ4v) is 2.28. The minimum Gasteiger partial charge on any atom is -0.382 e. The van der Waals surface area contributed by atoms with Gasteiger partial charge in [0.25, 0.3) is 0 Å². The number of hydrogen-bond donors (Lipinski definition) is 1. The maximum absolute atomic E-state index is 10.1. The van der Waals surface area contributed by atoms with Gasteiger partial charge in [-0.15, -0.1) is 11.8 Å². The van der Waals surface area contributed by atoms with Crippen LogP contribution < -0.4 is 0 Å². The summed E-state index contributed by atoms with van der Waals surface area (Å²) in [6.07, 6.45) is 1.05. The maximum atomic E-state index is 10.1. The lowest BCUT2D eigenvalue weighted by Gasteiger charge is -2.10. The van der Waals surface area contributed by atoms with Gasteiger partial charge in [0.05, 0.1) is 5.69 Å². The van der Waals surface area contributed by atoms with Crippen LogP contribution in [0, 0.1) is 0 Å². The van der Waals surface area contributed by atoms with E-state index in [9.17, 15) is 5.11 Å². The summed E-state index contributed by atoms with van der Waals surface area (Å²) in [7, 11) is 0. The van der Waals surface area contributed by atoms with Crippen LogP contribution in [0.2, 0.25) is 0 Å². The van der Waals surface area contributed by atoms with Gasteiger partial charge in [-0.25, -0.2) is 0 Å². The molecule has 0 bridgehead atoms. The predicted octanol–water partition coefficient (Wildman–Crippen LogP) is 3.28. The topological polar surface area (TPSA) is 33.1 Å². The Bertz CT molecular complexity index is 455. The molecule has 0 aliphatic rings. The standard InChI is InChI=1S/C14H15NOS/c1-2-17-12-8-6-11(7-9-12)14(16)13-5-3-4-10-15-13/h3-10,14,16H,2H2,1H3/t14-/m0/s1. The number of nitrogens with zero attached hydrogens (tertiary/aromatic N) is 1. The van der Waals surface area contributed by atoms with Crippen molar-refractivity contribution < 1.29 is 5.11 Å². The van der Waals surface area contributed by atoms with Crippen LogP contribution in [0.3, 0.4) is 0 Å². The van der Waals surface area contributed by atoms with Crippen LogP contribution in [0.25, 0.3) is 0 Å². The van der Waals surface area contributed by atoms with E-state index in [-0.39, 0.29) is 0 Å². The van der Waals surface area contributed by atoms with Crippen LogP contribution in [0.5, 0.6) is 0 Å². The van der Waals surface area contributed by atoms with Crippen molar-refractivity contribution in [1.29, 1.82) is 0 Å². The molecule has 0 amide bonds. The molecule has 0 spiro atoms. The molecule has 0 radical (unpaired) electrons. The van der Waals surface area contributed by atoms with Gasteiger partial charge in [-0.1, -0.05) is 25.1 Å². The van der Waals surface area contributed by atoms with E-state index in [1.54, 1.807) is 18.0 Å². The largest absolute Gasteiger partial charge is 0.382 e. The molecule has 1 atom stereocenters. The Labute approximate surface area is 106 Å². The van der Waals surface area contributed by atoms with Crippen molar-refractivity contribution in [2.24, 2.45) is 0 Å². The lowest BCUT2D eigenvalue weighted by molar-refractivity contribution is 0.215. The zero-order chi connectivity index (χ0) is 12.1. The third kappa shape index (κ3) is 3.08. The second-order valence-electron chi connectivity index (χ2n) is 3.66. The molecule has 1 heterocycles. The van der Waals surface area contributed by atoms with Crippen molar-refractivity contribution in [1.82, 2.24) is 4.98 Å². The quantitative estimate of drug-likeness (QED) is 0.839. The second kappa shape index (κ2) is 5.84. The van der Waals surface area contributed by atoms with Crippen molar-refractivity contribution in [3.05, 3.63) is 59.9 Å². The Kier molecular flexibility index (Phi) is 4.18. The average molecular weight is 245 g/mol. The molecule has 88 valence electrons. The monoisotopic (exact) mass is 245 g/mol. The Balaban J connectivity index is 2.17. The summed E-state index contributed by atoms with van der Waals surface area (Å²) in [5.74, 6) is 1.06. The molecule has 3 heteroatoms. The second-order valence-corrected chi connectivity index (χ2v) is 5.00. The molecule has 1 aromatic heterocycles. The van der Waals surface area contributed by atoms with Gasteiger partial charge in [-0.3, -0.25) is 4.98 Å². The molecule has 2 aromatic rings. The molecule has 1 N–H and O–H groups in total. The highest BCUT2D eigenvalue weighted by Gasteiger charge is 2.10. The van der Waals surface area contributed by atoms with Crippen LogP contribution in [0.15, 0.2) is 53.6 Å². The number of pyridine rings is 1. The first kappa shape index (κ1) is 12.1. The molecule has 1 aromatic carbocycles. The first-order valence-electron chi connectivity index (χ1n) is 5.63. The summed E-state index contributed by atoms with van der Waals surface area (Å²) in [4.78, 5) is 5.38. The van der Waals surface area contributed by atoms with Gasteiger partial charge < -0.3 is 5.11 Å². The third-order valence-corrected chi connectivity index (χ3v) is 3.37. The van der Waals surface area contributed by atoms with E-state index in [4.69, 9.17) is 0 Å². The third-order valence-electron chi connectivity index (χ3n) is 2.47. The van der Waals surface area contributed by atoms with Crippen molar-refractivity contribution in [3.8, 4) is 0 Å². The Morgan fingerprint density at radius 3 is 2.53 bits per heavy atom. The highest BCUT2D eigenvalue weighted by atomic mass is 32.2. The number of thioether (sulfide) groups is 1. The fourth-order valence-electron chi connectivity index (χ4n) is 1.62. The summed E-state index contributed by atoms with van der Waals surface area (Å²) >= 11 is 1.79. The smallest absolute Gasteiger partial charge is 0.121 e. The van der Waals surface area contributed by atoms with Gasteiger partial charge >= 0.3 is 0 Å². The summed E-state index contributed by atoms with van der Waals surface area (Å²) < 4.78 is 0. The molecule has 0 fully saturated rings. The van der Waals surface area contributed by atoms with Gasteiger partial charge in [0.15, 0.2) is 0 Å². The SMILES string of the molecule is CCSc1ccc([C@H](O)c2ccccn2)cc1. The summed E-state index contributed by atoms with van der Waals surface area (Å²) in [5.41, 5.74) is 1.56. The molecule has 0 saturated heterocycles. The number of aliphatic hydroxyl groups is 1. The van der Waals surface area contributed by atoms with Crippen molar-refractivity contribution in [2.45, 2.75) is 17.9 Å². The van der Waals surface area contributed by atoms with E-state index in [0.29, 0.717) is 5.69 Å². The molecule has 0 aliphatic heterocycles. The van der Waals surface area contributed by atoms with E-state index < -0.39 is 6.10 Å². The Morgan fingerprint density at radius 1 is 1.18 bits per heavy atom. The predicted molar refractivity (Wildman–Crippen MR) is 71.1 cm³/mol. The summed E-state index contributed by atoms with van der Waals surface area (Å²) in [6, 6.07) is 13.5. The van der Waals surface area contributed by atoms with Gasteiger partial charge in [0.2, 0.25) is 0 Å². The van der Waals surface area contributed by atoms with Crippen molar-refractivity contribution >= 4 is 11.8 Å². The Morgan fingerprint density at radius 2 is 1.94 bits per heavy atom. The zero-order valence-corrected chi connectivity index (χ0v) is 10.5. The minimum atomic E-state index is -0.642. The fraction of sp³-hybridized carbons (Fsp3) is 0.214. The number of aliphatic hydroxyl groups excluding tert-OH is 1. The lowest BCUT2D eigenvalue weighted by Crippen LogP contribution is -2.01. The van der Waals surface area contributed by atoms with Crippen LogP contribution in [0.4, 0.5) is 0 Å². The molecule has 0 saturated carbocycles. The van der Waals surface area contributed by atoms with Crippen LogP contribution in [-0.4, -0.2) is 15.8 Å². The molecule has 0 unspecified atom stereocenters. The van der Waals surface area contributed by atoms with E-state index in [1.807, 2.05) is 42.5 Å². The molecular weight excluding hydrogens is 230 g/mol. The van der Waals surface area contributed by atoms with Crippen LogP contribution in [-0.2, 0) is 0 Å². The van der Waals surface area contributed by atoms with Gasteiger partial charge in [0.1, 0.15) is 6.10 Å². The van der Waals surface area contributed by atoms with Crippen LogP contribution >= 0.6 is 11.8 Å². The first-order valence-corrected chi connectivity index (χ1v) is 6.61. The molecule has 17 heavy (non-hydrogen) atoms. The average Bonchev–Trinajstić information content (AvgIpc) is 2.40. The summed E-state index contributed by atoms with van der Waals surface area (Å²) in [5, 5.41) is 10.1. The van der Waals surface area contributed by atoms with E-state index in [2.05, 4.69) is 11.9 Å². The lowest BCUT2D eigenvalue weighted by atomic mass is 10.1. The van der Waals surface area contributed by atoms with Crippen molar-refractivity contribution in [2.75, 3.05) is 5.75 Å². The van der Waals surface area contributed by atoms with Crippen LogP contribution in [0.1, 0.15) is 24.3 Å². The number of aromatic nitrogens is 1. The molecule has 2 rings (SSSR count). The number of hydrogen-bond acceptors (Lipinski definition) is 3. The summed E-state index contributed by atoms with van der Waals surface area (Å²) in [6.45, 7) is 2.13. The van der Waals surface area contributed by atoms with Crippen molar-refractivity contribution in [3.63, 3.8) is 0 Å². The van der Waals surface area contributed by atoms with E-state index in [1.165, 1.54) is 4.90 Å². The zero-order valence-electron chi connectivity index (χ0n) is 9.71. The maximum Gasteiger partial charge on any atom is 0.121 e. The first-order chi connectivity index (χ1) is 8.31. The highest BCUT2D eigenvalue weighted by molar-refractivity contribution is 7.99. The number of rotatable bonds is 4. The minimum absolute atomic E-state index is 0.642.